The van der Waals surface area contributed by atoms with Crippen molar-refractivity contribution in [3.8, 4) is 11.8 Å². The highest BCUT2D eigenvalue weighted by Gasteiger charge is 2.28. The summed E-state index contributed by atoms with van der Waals surface area (Å²) in [6.07, 6.45) is 5.90. The van der Waals surface area contributed by atoms with Crippen LogP contribution in [0.4, 0.5) is 0 Å². The quantitative estimate of drug-likeness (QED) is 0.326. The van der Waals surface area contributed by atoms with Crippen molar-refractivity contribution in [2.24, 2.45) is 0 Å². The lowest BCUT2D eigenvalue weighted by molar-refractivity contribution is -0.134. The van der Waals surface area contributed by atoms with Crippen LogP contribution in [0.5, 0.6) is 0 Å². The largest absolute Gasteiger partial charge is 0.466 e. The van der Waals surface area contributed by atoms with Crippen molar-refractivity contribution in [2.75, 3.05) is 7.11 Å². The van der Waals surface area contributed by atoms with Gasteiger partial charge in [0.2, 0.25) is 0 Å². The first kappa shape index (κ1) is 13.5. The first-order chi connectivity index (χ1) is 7.98. The first-order valence-electron chi connectivity index (χ1n) is 5.67. The molecule has 1 aliphatic rings. The van der Waals surface area contributed by atoms with Gasteiger partial charge < -0.3 is 9.84 Å². The summed E-state index contributed by atoms with van der Waals surface area (Å²) in [6.45, 7) is 3.60. The number of rotatable bonds is 1. The molecule has 1 aliphatic carbocycles. The summed E-state index contributed by atoms with van der Waals surface area (Å²) in [6, 6.07) is 0. The van der Waals surface area contributed by atoms with E-state index in [1.165, 1.54) is 13.2 Å². The molecule has 0 aromatic rings. The van der Waals surface area contributed by atoms with Crippen LogP contribution in [-0.4, -0.2) is 23.8 Å². The smallest absolute Gasteiger partial charge is 0.331 e. The molecule has 1 rings (SSSR count). The minimum atomic E-state index is -1.04. The van der Waals surface area contributed by atoms with E-state index in [9.17, 15) is 9.90 Å². The van der Waals surface area contributed by atoms with Gasteiger partial charge in [-0.25, -0.2) is 4.79 Å². The molecule has 1 unspecified atom stereocenters. The van der Waals surface area contributed by atoms with Gasteiger partial charge in [0, 0.05) is 11.6 Å². The van der Waals surface area contributed by atoms with Gasteiger partial charge in [-0.05, 0) is 38.7 Å². The predicted octanol–water partition coefficient (Wildman–Crippen LogP) is 1.97. The van der Waals surface area contributed by atoms with Gasteiger partial charge in [0.25, 0.3) is 0 Å². The molecule has 0 saturated heterocycles. The third kappa shape index (κ3) is 3.76. The zero-order valence-corrected chi connectivity index (χ0v) is 10.5. The first-order valence-corrected chi connectivity index (χ1v) is 5.67. The molecule has 0 aliphatic heterocycles. The average molecular weight is 234 g/mol. The van der Waals surface area contributed by atoms with Crippen molar-refractivity contribution in [3.63, 3.8) is 0 Å². The Morgan fingerprint density at radius 3 is 2.94 bits per heavy atom. The second-order valence-corrected chi connectivity index (χ2v) is 4.24. The van der Waals surface area contributed by atoms with Gasteiger partial charge in [0.05, 0.1) is 7.11 Å². The van der Waals surface area contributed by atoms with Crippen LogP contribution < -0.4 is 0 Å². The van der Waals surface area contributed by atoms with Gasteiger partial charge in [-0.3, -0.25) is 0 Å². The van der Waals surface area contributed by atoms with Gasteiger partial charge in [-0.2, -0.15) is 0 Å². The van der Waals surface area contributed by atoms with Crippen LogP contribution in [0.3, 0.4) is 0 Å². The Bertz CT molecular complexity index is 420. The Hall–Kier alpha value is -1.53. The fourth-order valence-electron chi connectivity index (χ4n) is 1.68. The molecular formula is C14H18O3. The molecule has 0 spiro atoms. The van der Waals surface area contributed by atoms with E-state index in [2.05, 4.69) is 16.6 Å². The normalized spacial score (nSPS) is 24.5. The Labute approximate surface area is 102 Å². The van der Waals surface area contributed by atoms with Gasteiger partial charge in [-0.1, -0.05) is 17.9 Å². The maximum atomic E-state index is 11.0. The number of hydrogen-bond acceptors (Lipinski definition) is 3. The number of allylic oxidation sites excluding steroid dienone is 2. The lowest BCUT2D eigenvalue weighted by atomic mass is 9.84. The molecule has 17 heavy (non-hydrogen) atoms. The molecule has 0 radical (unpaired) electrons. The van der Waals surface area contributed by atoms with Crippen LogP contribution in [0, 0.1) is 11.8 Å². The molecule has 0 aromatic heterocycles. The van der Waals surface area contributed by atoms with E-state index in [1.54, 1.807) is 6.92 Å². The monoisotopic (exact) mass is 234 g/mol. The van der Waals surface area contributed by atoms with E-state index < -0.39 is 11.6 Å². The van der Waals surface area contributed by atoms with Crippen LogP contribution in [0.25, 0.3) is 0 Å². The summed E-state index contributed by atoms with van der Waals surface area (Å²) >= 11 is 0. The Balaban J connectivity index is 2.84. The molecule has 0 heterocycles. The summed E-state index contributed by atoms with van der Waals surface area (Å²) < 4.78 is 4.50. The van der Waals surface area contributed by atoms with E-state index >= 15 is 0 Å². The van der Waals surface area contributed by atoms with Crippen LogP contribution in [-0.2, 0) is 9.53 Å². The minimum Gasteiger partial charge on any atom is -0.466 e. The Morgan fingerprint density at radius 1 is 1.65 bits per heavy atom. The molecule has 92 valence electrons. The Kier molecular flexibility index (Phi) is 4.53. The van der Waals surface area contributed by atoms with Crippen molar-refractivity contribution in [2.45, 2.75) is 38.7 Å². The lowest BCUT2D eigenvalue weighted by Crippen LogP contribution is -2.30. The number of aliphatic hydroxyl groups is 1. The number of hydrogen-bond donors (Lipinski definition) is 1. The van der Waals surface area contributed by atoms with Crippen LogP contribution in [0.15, 0.2) is 23.3 Å². The van der Waals surface area contributed by atoms with Crippen LogP contribution in [0.2, 0.25) is 0 Å². The summed E-state index contributed by atoms with van der Waals surface area (Å²) in [4.78, 5) is 11.0. The third-order valence-electron chi connectivity index (χ3n) is 2.85. The van der Waals surface area contributed by atoms with Gasteiger partial charge in [-0.15, -0.1) is 0 Å². The number of methoxy groups -OCH3 is 1. The van der Waals surface area contributed by atoms with E-state index in [4.69, 9.17) is 0 Å². The maximum Gasteiger partial charge on any atom is 0.331 e. The summed E-state index contributed by atoms with van der Waals surface area (Å²) in [5.74, 6) is 5.22. The number of ether oxygens (including phenoxy) is 1. The van der Waals surface area contributed by atoms with Gasteiger partial charge in [0.15, 0.2) is 0 Å². The molecule has 0 aromatic carbocycles. The molecule has 0 saturated carbocycles. The second kappa shape index (κ2) is 5.70. The highest BCUT2D eigenvalue weighted by Crippen LogP contribution is 2.28. The summed E-state index contributed by atoms with van der Waals surface area (Å²) in [5, 5.41) is 10.3. The van der Waals surface area contributed by atoms with Gasteiger partial charge >= 0.3 is 5.97 Å². The molecular weight excluding hydrogens is 216 g/mol. The molecule has 0 bridgehead atoms. The van der Waals surface area contributed by atoms with Crippen LogP contribution in [0.1, 0.15) is 33.1 Å². The minimum absolute atomic E-state index is 0.431. The van der Waals surface area contributed by atoms with Crippen molar-refractivity contribution in [1.29, 1.82) is 0 Å². The fourth-order valence-corrected chi connectivity index (χ4v) is 1.68. The average Bonchev–Trinajstić information content (AvgIpc) is 2.31. The number of esters is 1. The van der Waals surface area contributed by atoms with Crippen molar-refractivity contribution < 1.29 is 14.6 Å². The predicted molar refractivity (Wildman–Crippen MR) is 66.1 cm³/mol. The fraction of sp³-hybridized carbons (Fsp3) is 0.500. The van der Waals surface area contributed by atoms with E-state index in [-0.39, 0.29) is 0 Å². The summed E-state index contributed by atoms with van der Waals surface area (Å²) in [5.41, 5.74) is 0.439. The van der Waals surface area contributed by atoms with E-state index in [1.807, 2.05) is 13.0 Å². The standard InChI is InChI=1S/C14H18O3/c1-11(10-13(15)17-3)7-9-14(16)8-5-4-6-12(14)2/h6,10,16H,4-5,8H2,1-3H3/b11-10-. The SMILES string of the molecule is COC(=O)/C=C(/C)C#CC1(O)CCCC=C1C. The summed E-state index contributed by atoms with van der Waals surface area (Å²) in [7, 11) is 1.32. The third-order valence-corrected chi connectivity index (χ3v) is 2.85. The van der Waals surface area contributed by atoms with Crippen molar-refractivity contribution >= 4 is 5.97 Å². The highest BCUT2D eigenvalue weighted by atomic mass is 16.5. The van der Waals surface area contributed by atoms with Gasteiger partial charge in [0.1, 0.15) is 5.60 Å². The highest BCUT2D eigenvalue weighted by molar-refractivity contribution is 5.83. The molecule has 0 fully saturated rings. The maximum absolute atomic E-state index is 11.0. The molecule has 3 heteroatoms. The molecule has 0 amide bonds. The second-order valence-electron chi connectivity index (χ2n) is 4.24. The zero-order valence-electron chi connectivity index (χ0n) is 10.5. The zero-order chi connectivity index (χ0) is 12.9. The van der Waals surface area contributed by atoms with Crippen molar-refractivity contribution in [1.82, 2.24) is 0 Å². The molecule has 3 nitrogen and oxygen atoms in total. The van der Waals surface area contributed by atoms with Crippen LogP contribution >= 0.6 is 0 Å². The Morgan fingerprint density at radius 2 is 2.35 bits per heavy atom. The van der Waals surface area contributed by atoms with Crippen molar-refractivity contribution in [3.05, 3.63) is 23.3 Å². The van der Waals surface area contributed by atoms with E-state index in [0.29, 0.717) is 12.0 Å². The molecule has 1 atom stereocenters. The lowest BCUT2D eigenvalue weighted by Gasteiger charge is -2.26. The number of carbonyl (C=O) groups excluding carboxylic acids is 1. The number of carbonyl (C=O) groups is 1. The molecule has 1 N–H and O–H groups in total. The van der Waals surface area contributed by atoms with E-state index in [0.717, 1.165) is 18.4 Å². The topological polar surface area (TPSA) is 46.5 Å².